The van der Waals surface area contributed by atoms with Crippen LogP contribution < -0.4 is 9.80 Å². The molecule has 1 aromatic carbocycles. The first-order chi connectivity index (χ1) is 15.5. The minimum Gasteiger partial charge on any atom is -0.459 e. The molecule has 2 aliphatic heterocycles. The van der Waals surface area contributed by atoms with E-state index in [2.05, 4.69) is 20.1 Å². The summed E-state index contributed by atoms with van der Waals surface area (Å²) in [6.45, 7) is 5.07. The maximum atomic E-state index is 12.6. The normalized spacial score (nSPS) is 17.8. The van der Waals surface area contributed by atoms with Gasteiger partial charge in [-0.1, -0.05) is 0 Å². The lowest BCUT2D eigenvalue weighted by molar-refractivity contribution is -0.382. The number of amides is 1. The molecule has 0 unspecified atom stereocenters. The molecular weight excluding hydrogens is 418 g/mol. The van der Waals surface area contributed by atoms with Gasteiger partial charge in [-0.25, -0.2) is 4.63 Å². The standard InChI is InChI=1S/C20H23N7O5/c1-23-4-6-25(7-5-23)15-13-14(17-18(22-32-21-17)19(15)27(29)30)24-8-10-26(11-9-24)20(28)16-3-2-12-31-16/h2-3,12-13H,4-11H2,1H3. The number of rotatable bonds is 4. The zero-order valence-corrected chi connectivity index (χ0v) is 17.6. The summed E-state index contributed by atoms with van der Waals surface area (Å²) in [6.07, 6.45) is 1.48. The molecule has 4 heterocycles. The van der Waals surface area contributed by atoms with E-state index >= 15 is 0 Å². The second kappa shape index (κ2) is 8.11. The quantitative estimate of drug-likeness (QED) is 0.434. The van der Waals surface area contributed by atoms with E-state index in [-0.39, 0.29) is 17.1 Å². The molecule has 0 spiro atoms. The summed E-state index contributed by atoms with van der Waals surface area (Å²) in [7, 11) is 2.03. The molecule has 2 saturated heterocycles. The highest BCUT2D eigenvalue weighted by atomic mass is 16.6. The summed E-state index contributed by atoms with van der Waals surface area (Å²) in [6, 6.07) is 5.16. The number of furan rings is 1. The first kappa shape index (κ1) is 20.2. The molecule has 0 bridgehead atoms. The van der Waals surface area contributed by atoms with Crippen LogP contribution in [0.5, 0.6) is 0 Å². The summed E-state index contributed by atoms with van der Waals surface area (Å²) in [5.74, 6) is 0.166. The van der Waals surface area contributed by atoms with Crippen LogP contribution in [0, 0.1) is 10.1 Å². The molecular formula is C20H23N7O5. The smallest absolute Gasteiger partial charge is 0.323 e. The van der Waals surface area contributed by atoms with Crippen LogP contribution in [-0.4, -0.2) is 90.3 Å². The molecule has 32 heavy (non-hydrogen) atoms. The third kappa shape index (κ3) is 3.51. The van der Waals surface area contributed by atoms with Crippen LogP contribution >= 0.6 is 0 Å². The van der Waals surface area contributed by atoms with Crippen molar-refractivity contribution in [3.05, 3.63) is 40.3 Å². The van der Waals surface area contributed by atoms with E-state index in [0.717, 1.165) is 18.8 Å². The van der Waals surface area contributed by atoms with E-state index in [9.17, 15) is 14.9 Å². The number of piperazine rings is 2. The Balaban J connectivity index is 1.45. The Bertz CT molecular complexity index is 1130. The topological polar surface area (TPSA) is 125 Å². The Hall–Kier alpha value is -3.67. The highest BCUT2D eigenvalue weighted by molar-refractivity contribution is 6.00. The van der Waals surface area contributed by atoms with Crippen molar-refractivity contribution in [3.8, 4) is 0 Å². The summed E-state index contributed by atoms with van der Waals surface area (Å²) in [5, 5.41) is 19.8. The summed E-state index contributed by atoms with van der Waals surface area (Å²) >= 11 is 0. The van der Waals surface area contributed by atoms with Crippen molar-refractivity contribution in [2.45, 2.75) is 0 Å². The number of nitro benzene ring substituents is 1. The van der Waals surface area contributed by atoms with E-state index in [0.29, 0.717) is 56.2 Å². The molecule has 168 valence electrons. The highest BCUT2D eigenvalue weighted by Gasteiger charge is 2.33. The van der Waals surface area contributed by atoms with Gasteiger partial charge in [-0.3, -0.25) is 14.9 Å². The molecule has 12 nitrogen and oxygen atoms in total. The Kier molecular flexibility index (Phi) is 5.13. The predicted octanol–water partition coefficient (Wildman–Crippen LogP) is 1.44. The number of benzene rings is 1. The van der Waals surface area contributed by atoms with Gasteiger partial charge in [-0.05, 0) is 35.6 Å². The van der Waals surface area contributed by atoms with Gasteiger partial charge in [0, 0.05) is 52.4 Å². The fourth-order valence-electron chi connectivity index (χ4n) is 4.32. The van der Waals surface area contributed by atoms with Gasteiger partial charge < -0.3 is 24.0 Å². The number of anilines is 2. The van der Waals surface area contributed by atoms with Gasteiger partial charge in [0.2, 0.25) is 5.52 Å². The molecule has 2 aliphatic rings. The maximum absolute atomic E-state index is 12.6. The Labute approximate surface area is 183 Å². The molecule has 3 aromatic rings. The third-order valence-corrected chi connectivity index (χ3v) is 6.14. The summed E-state index contributed by atoms with van der Waals surface area (Å²) < 4.78 is 10.1. The molecule has 0 N–H and O–H groups in total. The SMILES string of the molecule is CN1CCN(c2cc(N3CCN(C(=O)c4ccco4)CC3)c3nonc3c2[N+](=O)[O-])CC1. The Morgan fingerprint density at radius 1 is 1.00 bits per heavy atom. The van der Waals surface area contributed by atoms with Crippen molar-refractivity contribution in [1.82, 2.24) is 20.1 Å². The Morgan fingerprint density at radius 2 is 1.66 bits per heavy atom. The lowest BCUT2D eigenvalue weighted by Gasteiger charge is -2.37. The molecule has 0 saturated carbocycles. The number of fused-ring (bicyclic) bond motifs is 1. The molecule has 2 aromatic heterocycles. The molecule has 0 aliphatic carbocycles. The molecule has 1 amide bonds. The van der Waals surface area contributed by atoms with Crippen molar-refractivity contribution in [2.24, 2.45) is 0 Å². The Morgan fingerprint density at radius 3 is 2.31 bits per heavy atom. The van der Waals surface area contributed by atoms with E-state index in [1.165, 1.54) is 6.26 Å². The van der Waals surface area contributed by atoms with Crippen LogP contribution in [0.1, 0.15) is 10.6 Å². The number of hydrogen-bond donors (Lipinski definition) is 0. The molecule has 12 heteroatoms. The highest BCUT2D eigenvalue weighted by Crippen LogP contribution is 2.41. The lowest BCUT2D eigenvalue weighted by atomic mass is 10.1. The van der Waals surface area contributed by atoms with Gasteiger partial charge in [0.1, 0.15) is 5.69 Å². The number of nitro groups is 1. The molecule has 5 rings (SSSR count). The van der Waals surface area contributed by atoms with Gasteiger partial charge in [0.25, 0.3) is 5.91 Å². The van der Waals surface area contributed by atoms with Crippen molar-refractivity contribution >= 4 is 34.0 Å². The minimum absolute atomic E-state index is 0.0822. The van der Waals surface area contributed by atoms with Gasteiger partial charge in [-0.2, -0.15) is 0 Å². The fraction of sp³-hybridized carbons (Fsp3) is 0.450. The van der Waals surface area contributed by atoms with Crippen LogP contribution in [0.25, 0.3) is 11.0 Å². The number of hydrogen-bond acceptors (Lipinski definition) is 10. The number of carbonyl (C=O) groups is 1. The molecule has 0 atom stereocenters. The number of aromatic nitrogens is 2. The van der Waals surface area contributed by atoms with Crippen LogP contribution in [0.3, 0.4) is 0 Å². The van der Waals surface area contributed by atoms with Crippen molar-refractivity contribution in [1.29, 1.82) is 0 Å². The average molecular weight is 441 g/mol. The zero-order chi connectivity index (χ0) is 22.2. The molecule has 0 radical (unpaired) electrons. The number of likely N-dealkylation sites (N-methyl/N-ethyl adjacent to an activating group) is 1. The maximum Gasteiger partial charge on any atom is 0.323 e. The monoisotopic (exact) mass is 441 g/mol. The lowest BCUT2D eigenvalue weighted by Crippen LogP contribution is -2.49. The van der Waals surface area contributed by atoms with Gasteiger partial charge >= 0.3 is 5.69 Å². The van der Waals surface area contributed by atoms with Crippen LogP contribution in [-0.2, 0) is 0 Å². The van der Waals surface area contributed by atoms with Gasteiger partial charge in [0.05, 0.1) is 16.9 Å². The van der Waals surface area contributed by atoms with E-state index in [1.807, 2.05) is 18.0 Å². The van der Waals surface area contributed by atoms with Crippen LogP contribution in [0.4, 0.5) is 17.1 Å². The number of carbonyl (C=O) groups excluding carboxylic acids is 1. The van der Waals surface area contributed by atoms with Crippen molar-refractivity contribution in [3.63, 3.8) is 0 Å². The second-order valence-corrected chi connectivity index (χ2v) is 8.03. The number of nitrogens with zero attached hydrogens (tertiary/aromatic N) is 7. The first-order valence-corrected chi connectivity index (χ1v) is 10.5. The third-order valence-electron chi connectivity index (χ3n) is 6.14. The zero-order valence-electron chi connectivity index (χ0n) is 17.6. The summed E-state index contributed by atoms with van der Waals surface area (Å²) in [4.78, 5) is 32.1. The first-order valence-electron chi connectivity index (χ1n) is 10.5. The molecule has 2 fully saturated rings. The largest absolute Gasteiger partial charge is 0.459 e. The van der Waals surface area contributed by atoms with Gasteiger partial charge in [0.15, 0.2) is 11.3 Å². The minimum atomic E-state index is -0.413. The van der Waals surface area contributed by atoms with Crippen LogP contribution in [0.15, 0.2) is 33.5 Å². The van der Waals surface area contributed by atoms with E-state index < -0.39 is 4.92 Å². The van der Waals surface area contributed by atoms with Crippen molar-refractivity contribution < 1.29 is 18.8 Å². The predicted molar refractivity (Wildman–Crippen MR) is 115 cm³/mol. The fourth-order valence-corrected chi connectivity index (χ4v) is 4.32. The average Bonchev–Trinajstić information content (AvgIpc) is 3.50. The van der Waals surface area contributed by atoms with E-state index in [4.69, 9.17) is 9.05 Å². The van der Waals surface area contributed by atoms with Crippen molar-refractivity contribution in [2.75, 3.05) is 69.2 Å². The van der Waals surface area contributed by atoms with Crippen LogP contribution in [0.2, 0.25) is 0 Å². The van der Waals surface area contributed by atoms with Gasteiger partial charge in [-0.15, -0.1) is 0 Å². The second-order valence-electron chi connectivity index (χ2n) is 8.03. The van der Waals surface area contributed by atoms with E-state index in [1.54, 1.807) is 17.0 Å². The summed E-state index contributed by atoms with van der Waals surface area (Å²) in [5.41, 5.74) is 1.68.